The molecule has 0 bridgehead atoms. The van der Waals surface area contributed by atoms with E-state index < -0.39 is 97.5 Å². The number of aliphatic hydroxyl groups excluding tert-OH is 1. The van der Waals surface area contributed by atoms with Crippen LogP contribution >= 0.6 is 15.6 Å². The molecule has 2 unspecified atom stereocenters. The minimum atomic E-state index is -4.95. The van der Waals surface area contributed by atoms with Gasteiger partial charge in [-0.3, -0.25) is 37.3 Å². The summed E-state index contributed by atoms with van der Waals surface area (Å²) in [6.07, 6.45) is 56.8. The van der Waals surface area contributed by atoms with Gasteiger partial charge in [-0.2, -0.15) is 0 Å². The first-order chi connectivity index (χ1) is 45.0. The third kappa shape index (κ3) is 68.4. The van der Waals surface area contributed by atoms with Gasteiger partial charge >= 0.3 is 39.5 Å². The van der Waals surface area contributed by atoms with Crippen molar-refractivity contribution in [1.29, 1.82) is 0 Å². The molecule has 17 nitrogen and oxygen atoms in total. The first kappa shape index (κ1) is 91.1. The molecule has 0 rings (SSSR count). The molecule has 5 atom stereocenters. The fourth-order valence-electron chi connectivity index (χ4n) is 11.4. The van der Waals surface area contributed by atoms with Crippen molar-refractivity contribution in [2.75, 3.05) is 39.6 Å². The first-order valence-corrected chi connectivity index (χ1v) is 41.6. The van der Waals surface area contributed by atoms with E-state index in [1.807, 2.05) is 0 Å². The van der Waals surface area contributed by atoms with Gasteiger partial charge in [0.25, 0.3) is 0 Å². The van der Waals surface area contributed by atoms with Crippen molar-refractivity contribution in [2.24, 2.45) is 5.92 Å². The van der Waals surface area contributed by atoms with Crippen molar-refractivity contribution >= 4 is 39.5 Å². The van der Waals surface area contributed by atoms with Gasteiger partial charge in [0.15, 0.2) is 12.2 Å². The molecule has 93 heavy (non-hydrogen) atoms. The number of rotatable bonds is 74. The minimum absolute atomic E-state index is 0.0992. The Balaban J connectivity index is 5.00. The van der Waals surface area contributed by atoms with Crippen LogP contribution in [0.3, 0.4) is 0 Å². The van der Waals surface area contributed by atoms with Crippen LogP contribution in [0.4, 0.5) is 0 Å². The van der Waals surface area contributed by atoms with E-state index >= 15 is 0 Å². The molecule has 552 valence electrons. The summed E-state index contributed by atoms with van der Waals surface area (Å²) >= 11 is 0. The van der Waals surface area contributed by atoms with Crippen LogP contribution in [-0.2, 0) is 65.4 Å². The number of hydrogen-bond acceptors (Lipinski definition) is 15. The molecule has 0 spiro atoms. The lowest BCUT2D eigenvalue weighted by Gasteiger charge is -2.21. The van der Waals surface area contributed by atoms with Crippen molar-refractivity contribution in [2.45, 2.75) is 406 Å². The van der Waals surface area contributed by atoms with Gasteiger partial charge in [0, 0.05) is 25.7 Å². The number of carbonyl (C=O) groups excluding carboxylic acids is 4. The van der Waals surface area contributed by atoms with E-state index in [0.29, 0.717) is 25.7 Å². The Morgan fingerprint density at radius 2 is 0.495 bits per heavy atom. The molecule has 0 saturated heterocycles. The van der Waals surface area contributed by atoms with Gasteiger partial charge in [-0.1, -0.05) is 336 Å². The van der Waals surface area contributed by atoms with Crippen LogP contribution in [-0.4, -0.2) is 96.7 Å². The second kappa shape index (κ2) is 67.3. The zero-order valence-electron chi connectivity index (χ0n) is 60.4. The van der Waals surface area contributed by atoms with E-state index in [0.717, 1.165) is 102 Å². The maximum atomic E-state index is 13.1. The van der Waals surface area contributed by atoms with Gasteiger partial charge in [-0.05, 0) is 31.6 Å². The number of hydrogen-bond donors (Lipinski definition) is 3. The van der Waals surface area contributed by atoms with E-state index in [1.165, 1.54) is 205 Å². The van der Waals surface area contributed by atoms with Crippen molar-refractivity contribution in [3.63, 3.8) is 0 Å². The first-order valence-electron chi connectivity index (χ1n) is 38.6. The van der Waals surface area contributed by atoms with Crippen LogP contribution in [0, 0.1) is 5.92 Å². The molecule has 0 fully saturated rings. The van der Waals surface area contributed by atoms with Gasteiger partial charge in [-0.15, -0.1) is 0 Å². The average Bonchev–Trinajstić information content (AvgIpc) is 2.46. The second-order valence-corrected chi connectivity index (χ2v) is 30.1. The maximum absolute atomic E-state index is 13.1. The van der Waals surface area contributed by atoms with Gasteiger partial charge in [0.05, 0.1) is 26.4 Å². The number of phosphoric acid groups is 2. The van der Waals surface area contributed by atoms with Crippen LogP contribution in [0.1, 0.15) is 388 Å². The smallest absolute Gasteiger partial charge is 0.462 e. The zero-order chi connectivity index (χ0) is 68.4. The molecule has 0 aromatic heterocycles. The lowest BCUT2D eigenvalue weighted by molar-refractivity contribution is -0.161. The molecule has 0 aromatic rings. The Labute approximate surface area is 568 Å². The summed E-state index contributed by atoms with van der Waals surface area (Å²) in [5, 5.41) is 10.5. The van der Waals surface area contributed by atoms with Crippen molar-refractivity contribution in [3.8, 4) is 0 Å². The van der Waals surface area contributed by atoms with Gasteiger partial charge in [0.2, 0.25) is 0 Å². The summed E-state index contributed by atoms with van der Waals surface area (Å²) in [5.74, 6) is -1.32. The fourth-order valence-corrected chi connectivity index (χ4v) is 12.9. The van der Waals surface area contributed by atoms with Crippen LogP contribution in [0.5, 0.6) is 0 Å². The summed E-state index contributed by atoms with van der Waals surface area (Å²) in [7, 11) is -9.88. The van der Waals surface area contributed by atoms with E-state index in [9.17, 15) is 43.2 Å². The topological polar surface area (TPSA) is 237 Å². The van der Waals surface area contributed by atoms with E-state index in [-0.39, 0.29) is 25.7 Å². The van der Waals surface area contributed by atoms with Gasteiger partial charge < -0.3 is 33.8 Å². The maximum Gasteiger partial charge on any atom is 0.472 e. The average molecular weight is 1370 g/mol. The standard InChI is InChI=1S/C74H144O17P2/c1-6-9-12-15-16-17-18-19-20-21-22-23-24-25-30-33-36-39-42-45-50-55-60-74(79)91-70(64-85-72(77)58-53-49-44-41-38-35-32-29-27-26-28-31-34-37-40-43-48-51-56-67(4)5)66-89-93(82,83)87-62-68(75)61-86-92(80,81)88-65-69(90-73(78)59-54-47-14-11-8-3)63-84-71(76)57-52-46-13-10-7-2/h67-70,75H,6-66H2,1-5H3,(H,80,81)(H,82,83)/t68-,69+,70+/m0/s1. The van der Waals surface area contributed by atoms with Crippen molar-refractivity contribution in [3.05, 3.63) is 0 Å². The predicted molar refractivity (Wildman–Crippen MR) is 377 cm³/mol. The number of unbranched alkanes of at least 4 members (excludes halogenated alkanes) is 46. The highest BCUT2D eigenvalue weighted by atomic mass is 31.2. The number of esters is 4. The van der Waals surface area contributed by atoms with Crippen molar-refractivity contribution in [1.82, 2.24) is 0 Å². The molecular formula is C74H144O17P2. The number of aliphatic hydroxyl groups is 1. The Kier molecular flexibility index (Phi) is 65.9. The monoisotopic (exact) mass is 1370 g/mol. The molecule has 0 aliphatic carbocycles. The highest BCUT2D eigenvalue weighted by Gasteiger charge is 2.30. The highest BCUT2D eigenvalue weighted by molar-refractivity contribution is 7.47. The third-order valence-corrected chi connectivity index (χ3v) is 19.2. The SMILES string of the molecule is CCCCCCCCCCCCCCCCCCCCCCCCC(=O)O[C@H](COC(=O)CCCCCCCCCCCCCCCCCCCCC(C)C)COP(=O)(O)OC[C@@H](O)COP(=O)(O)OC[C@@H](COC(=O)CCCCCCC)OC(=O)CCCCCCC. The van der Waals surface area contributed by atoms with Crippen molar-refractivity contribution < 1.29 is 80.2 Å². The Morgan fingerprint density at radius 1 is 0.290 bits per heavy atom. The summed E-state index contributed by atoms with van der Waals surface area (Å²) in [5.41, 5.74) is 0. The molecule has 0 aromatic carbocycles. The van der Waals surface area contributed by atoms with Gasteiger partial charge in [-0.25, -0.2) is 9.13 Å². The predicted octanol–water partition coefficient (Wildman–Crippen LogP) is 21.7. The van der Waals surface area contributed by atoms with Crippen LogP contribution in [0.15, 0.2) is 0 Å². The Bertz CT molecular complexity index is 1790. The number of carbonyl (C=O) groups is 4. The van der Waals surface area contributed by atoms with Gasteiger partial charge in [0.1, 0.15) is 19.3 Å². The van der Waals surface area contributed by atoms with E-state index in [4.69, 9.17) is 37.0 Å². The Hall–Kier alpha value is -1.94. The molecule has 0 amide bonds. The summed E-state index contributed by atoms with van der Waals surface area (Å²) in [6, 6.07) is 0. The quantitative estimate of drug-likeness (QED) is 0.0222. The normalized spacial score (nSPS) is 14.0. The highest BCUT2D eigenvalue weighted by Crippen LogP contribution is 2.45. The molecule has 0 radical (unpaired) electrons. The largest absolute Gasteiger partial charge is 0.472 e. The van der Waals surface area contributed by atoms with Crippen LogP contribution in [0.2, 0.25) is 0 Å². The lowest BCUT2D eigenvalue weighted by atomic mass is 10.0. The Morgan fingerprint density at radius 3 is 0.731 bits per heavy atom. The number of phosphoric ester groups is 2. The van der Waals surface area contributed by atoms with Crippen LogP contribution in [0.25, 0.3) is 0 Å². The molecular weight excluding hydrogens is 1220 g/mol. The molecule has 0 heterocycles. The van der Waals surface area contributed by atoms with E-state index in [2.05, 4.69) is 34.6 Å². The molecule has 0 aliphatic rings. The molecule has 0 aliphatic heterocycles. The summed E-state index contributed by atoms with van der Waals surface area (Å²) in [4.78, 5) is 72.0. The number of ether oxygens (including phenoxy) is 4. The van der Waals surface area contributed by atoms with Crippen LogP contribution < -0.4 is 0 Å². The summed E-state index contributed by atoms with van der Waals surface area (Å²) in [6.45, 7) is 7.11. The second-order valence-electron chi connectivity index (χ2n) is 27.2. The van der Waals surface area contributed by atoms with E-state index in [1.54, 1.807) is 0 Å². The fraction of sp³-hybridized carbons (Fsp3) is 0.946. The molecule has 0 saturated carbocycles. The third-order valence-electron chi connectivity index (χ3n) is 17.3. The molecule has 19 heteroatoms. The zero-order valence-corrected chi connectivity index (χ0v) is 62.2. The molecule has 3 N–H and O–H groups in total. The lowest BCUT2D eigenvalue weighted by Crippen LogP contribution is -2.30. The minimum Gasteiger partial charge on any atom is -0.462 e. The summed E-state index contributed by atoms with van der Waals surface area (Å²) < 4.78 is 67.9.